The van der Waals surface area contributed by atoms with Crippen LogP contribution in [0.4, 0.5) is 5.69 Å². The third-order valence-corrected chi connectivity index (χ3v) is 6.40. The van der Waals surface area contributed by atoms with Crippen molar-refractivity contribution < 1.29 is 44.3 Å². The number of carboxylic acid groups (broad SMARTS) is 2. The summed E-state index contributed by atoms with van der Waals surface area (Å²) in [5.74, 6) is -1.91. The molecule has 0 saturated carbocycles. The molecular formula is C28H34N4O10. The minimum atomic E-state index is -1.26. The Morgan fingerprint density at radius 1 is 1.19 bits per heavy atom. The van der Waals surface area contributed by atoms with Crippen LogP contribution in [0.1, 0.15) is 38.4 Å². The van der Waals surface area contributed by atoms with Gasteiger partial charge in [0.2, 0.25) is 0 Å². The number of aromatic nitrogens is 2. The van der Waals surface area contributed by atoms with E-state index in [2.05, 4.69) is 15.6 Å². The normalized spacial score (nSPS) is 13.5. The molecule has 14 nitrogen and oxygen atoms in total. The van der Waals surface area contributed by atoms with Gasteiger partial charge in [-0.05, 0) is 44.9 Å². The van der Waals surface area contributed by atoms with Gasteiger partial charge in [0.05, 0.1) is 24.4 Å². The fourth-order valence-electron chi connectivity index (χ4n) is 4.40. The number of nitrogens with one attached hydrogen (secondary N) is 3. The second kappa shape index (κ2) is 13.7. The molecule has 0 saturated heterocycles. The topological polar surface area (TPSA) is 212 Å². The number of methoxy groups -OCH3 is 1. The number of anilines is 1. The van der Waals surface area contributed by atoms with Crippen LogP contribution in [0.3, 0.4) is 0 Å². The molecule has 7 N–H and O–H groups in total. The average molecular weight is 587 g/mol. The van der Waals surface area contributed by atoms with E-state index in [1.807, 2.05) is 32.0 Å². The first-order valence-corrected chi connectivity index (χ1v) is 12.9. The van der Waals surface area contributed by atoms with Gasteiger partial charge in [0.15, 0.2) is 6.61 Å². The van der Waals surface area contributed by atoms with Crippen LogP contribution in [0.15, 0.2) is 47.3 Å². The Morgan fingerprint density at radius 3 is 2.52 bits per heavy atom. The number of phenols is 1. The van der Waals surface area contributed by atoms with Crippen LogP contribution in [-0.4, -0.2) is 73.6 Å². The minimum absolute atomic E-state index is 0.0707. The molecule has 2 aromatic carbocycles. The van der Waals surface area contributed by atoms with Crippen molar-refractivity contribution in [3.63, 3.8) is 0 Å². The number of fused-ring (bicyclic) bond motifs is 2. The molecule has 1 aliphatic heterocycles. The highest BCUT2D eigenvalue weighted by molar-refractivity contribution is 5.96. The van der Waals surface area contributed by atoms with Crippen LogP contribution in [-0.2, 0) is 20.9 Å². The lowest BCUT2D eigenvalue weighted by molar-refractivity contribution is -0.134. The molecule has 1 amide bonds. The number of aromatic amines is 1. The third-order valence-electron chi connectivity index (χ3n) is 6.40. The maximum Gasteiger partial charge on any atom is 0.328 e. The van der Waals surface area contributed by atoms with Gasteiger partial charge in [-0.3, -0.25) is 9.36 Å². The highest BCUT2D eigenvalue weighted by Gasteiger charge is 2.26. The van der Waals surface area contributed by atoms with Crippen LogP contribution in [0.5, 0.6) is 17.2 Å². The third kappa shape index (κ3) is 8.34. The molecule has 1 aliphatic rings. The molecule has 0 fully saturated rings. The van der Waals surface area contributed by atoms with E-state index in [0.29, 0.717) is 47.0 Å². The van der Waals surface area contributed by atoms with Crippen molar-refractivity contribution in [3.8, 4) is 17.2 Å². The van der Waals surface area contributed by atoms with Crippen LogP contribution < -0.4 is 25.8 Å². The number of aliphatic carboxylic acids is 2. The number of imidazole rings is 1. The van der Waals surface area contributed by atoms with Gasteiger partial charge in [0.25, 0.3) is 5.91 Å². The Morgan fingerprint density at radius 2 is 1.88 bits per heavy atom. The first-order valence-electron chi connectivity index (χ1n) is 12.9. The number of β-amino-alcohol motifs (C(OH)–C–C–N with tert-alkyl or cyclic N) is 1. The quantitative estimate of drug-likeness (QED) is 0.161. The highest BCUT2D eigenvalue weighted by Crippen LogP contribution is 2.38. The van der Waals surface area contributed by atoms with Crippen molar-refractivity contribution in [2.75, 3.05) is 25.6 Å². The number of H-pyrrole nitrogens is 1. The second-order valence-electron chi connectivity index (χ2n) is 10.1. The summed E-state index contributed by atoms with van der Waals surface area (Å²) in [6.07, 6.45) is 1.63. The summed E-state index contributed by atoms with van der Waals surface area (Å²) < 4.78 is 12.5. The maximum atomic E-state index is 12.4. The largest absolute Gasteiger partial charge is 0.508 e. The fraction of sp³-hybridized carbons (Fsp3) is 0.357. The Balaban J connectivity index is 0.000000531. The summed E-state index contributed by atoms with van der Waals surface area (Å²) in [5, 5.41) is 42.4. The van der Waals surface area contributed by atoms with Crippen LogP contribution in [0.2, 0.25) is 0 Å². The number of carbonyl (C=O) groups excluding carboxylic acids is 1. The lowest BCUT2D eigenvalue weighted by atomic mass is 9.97. The van der Waals surface area contributed by atoms with Crippen LogP contribution in [0, 0.1) is 0 Å². The van der Waals surface area contributed by atoms with Gasteiger partial charge in [-0.1, -0.05) is 6.07 Å². The highest BCUT2D eigenvalue weighted by atomic mass is 16.5. The molecule has 1 aromatic heterocycles. The molecule has 3 aromatic rings. The number of phenolic OH excluding ortho intramolecular Hbond substituents is 1. The monoisotopic (exact) mass is 586 g/mol. The summed E-state index contributed by atoms with van der Waals surface area (Å²) in [6, 6.07) is 8.38. The number of ether oxygens (including phenoxy) is 2. The minimum Gasteiger partial charge on any atom is -0.508 e. The van der Waals surface area contributed by atoms with E-state index in [4.69, 9.17) is 19.7 Å². The summed E-state index contributed by atoms with van der Waals surface area (Å²) in [7, 11) is 1.57. The van der Waals surface area contributed by atoms with Crippen molar-refractivity contribution >= 4 is 34.6 Å². The van der Waals surface area contributed by atoms with Crippen molar-refractivity contribution in [1.29, 1.82) is 0 Å². The first-order chi connectivity index (χ1) is 19.8. The Labute approximate surface area is 240 Å². The van der Waals surface area contributed by atoms with Gasteiger partial charge in [0.1, 0.15) is 22.8 Å². The van der Waals surface area contributed by atoms with Crippen molar-refractivity contribution in [2.45, 2.75) is 44.9 Å². The van der Waals surface area contributed by atoms with E-state index in [1.54, 1.807) is 11.7 Å². The molecule has 226 valence electrons. The molecule has 1 atom stereocenters. The number of amides is 1. The molecule has 42 heavy (non-hydrogen) atoms. The standard InChI is InChI=1S/C24H30N4O6.C4H4O4/c1-24(2,8-5-9-28-17-6-4-7-19(33-3)21(17)27-23(28)32)25-12-18(30)15-10-14(29)11-16-22(15)34-13-20(31)26-16;5-3(6)1-2-4(7)8/h4,6-7,10-11,18,25,29-30H,5,8-9,12-13H2,1-3H3,(H,26,31)(H,27,32);1-2H,(H,5,6)(H,7,8)/b;2-1-/t18-;/m0./s1. The van der Waals surface area contributed by atoms with Gasteiger partial charge in [-0.25, -0.2) is 14.4 Å². The number of nitrogens with zero attached hydrogens (tertiary/aromatic N) is 1. The van der Waals surface area contributed by atoms with E-state index in [1.165, 1.54) is 12.1 Å². The molecule has 0 radical (unpaired) electrons. The number of aryl methyl sites for hydroxylation is 1. The van der Waals surface area contributed by atoms with Crippen LogP contribution >= 0.6 is 0 Å². The molecule has 0 spiro atoms. The number of hydrogen-bond acceptors (Lipinski definition) is 9. The van der Waals surface area contributed by atoms with Crippen molar-refractivity contribution in [3.05, 3.63) is 58.5 Å². The number of aromatic hydroxyl groups is 1. The van der Waals surface area contributed by atoms with Gasteiger partial charge < -0.3 is 45.5 Å². The van der Waals surface area contributed by atoms with E-state index in [-0.39, 0.29) is 36.0 Å². The number of aliphatic hydroxyl groups excluding tert-OH is 1. The summed E-state index contributed by atoms with van der Waals surface area (Å²) in [5.41, 5.74) is 1.71. The number of carbonyl (C=O) groups is 3. The molecular weight excluding hydrogens is 552 g/mol. The van der Waals surface area contributed by atoms with E-state index in [9.17, 15) is 29.4 Å². The van der Waals surface area contributed by atoms with E-state index in [0.717, 1.165) is 18.4 Å². The molecule has 0 aliphatic carbocycles. The lowest BCUT2D eigenvalue weighted by Gasteiger charge is -2.29. The number of rotatable bonds is 11. The smallest absolute Gasteiger partial charge is 0.328 e. The van der Waals surface area contributed by atoms with Gasteiger partial charge in [0, 0.05) is 42.4 Å². The van der Waals surface area contributed by atoms with Gasteiger partial charge in [-0.15, -0.1) is 0 Å². The molecule has 2 heterocycles. The molecule has 0 bridgehead atoms. The van der Waals surface area contributed by atoms with Crippen molar-refractivity contribution in [2.24, 2.45) is 0 Å². The molecule has 4 rings (SSSR count). The number of aliphatic hydroxyl groups is 1. The van der Waals surface area contributed by atoms with Gasteiger partial charge >= 0.3 is 17.6 Å². The number of benzene rings is 2. The van der Waals surface area contributed by atoms with Crippen molar-refractivity contribution in [1.82, 2.24) is 14.9 Å². The summed E-state index contributed by atoms with van der Waals surface area (Å²) in [4.78, 5) is 46.0. The van der Waals surface area contributed by atoms with Crippen LogP contribution in [0.25, 0.3) is 11.0 Å². The Kier molecular flexibility index (Phi) is 10.3. The number of para-hydroxylation sites is 1. The Hall–Kier alpha value is -4.82. The van der Waals surface area contributed by atoms with E-state index >= 15 is 0 Å². The lowest BCUT2D eigenvalue weighted by Crippen LogP contribution is -2.42. The molecule has 0 unspecified atom stereocenters. The predicted molar refractivity (Wildman–Crippen MR) is 152 cm³/mol. The zero-order valence-electron chi connectivity index (χ0n) is 23.3. The maximum absolute atomic E-state index is 12.4. The summed E-state index contributed by atoms with van der Waals surface area (Å²) >= 11 is 0. The zero-order valence-corrected chi connectivity index (χ0v) is 23.3. The predicted octanol–water partition coefficient (Wildman–Crippen LogP) is 1.97. The average Bonchev–Trinajstić information content (AvgIpc) is 3.25. The fourth-order valence-corrected chi connectivity index (χ4v) is 4.40. The number of hydrogen-bond donors (Lipinski definition) is 7. The summed E-state index contributed by atoms with van der Waals surface area (Å²) in [6.45, 7) is 4.65. The zero-order chi connectivity index (χ0) is 31.0. The van der Waals surface area contributed by atoms with Gasteiger partial charge in [-0.2, -0.15) is 0 Å². The van der Waals surface area contributed by atoms with E-state index < -0.39 is 18.0 Å². The second-order valence-corrected chi connectivity index (χ2v) is 10.1. The first kappa shape index (κ1) is 31.7. The SMILES string of the molecule is COc1cccc2c1[nH]c(=O)n2CCCC(C)(C)NC[C@H](O)c1cc(O)cc2c1OCC(=O)N2.O=C(O)/C=C\C(=O)O. The number of carboxylic acids is 2. The molecule has 14 heteroatoms. The Bertz CT molecular complexity index is 1520.